The number of hydrogen-bond acceptors (Lipinski definition) is 5. The zero-order valence-corrected chi connectivity index (χ0v) is 16.7. The van der Waals surface area contributed by atoms with Crippen LogP contribution in [0, 0.1) is 0 Å². The lowest BCUT2D eigenvalue weighted by atomic mass is 10.1. The van der Waals surface area contributed by atoms with Gasteiger partial charge in [-0.3, -0.25) is 4.79 Å². The largest absolute Gasteiger partial charge is 0.481 e. The first kappa shape index (κ1) is 19.7. The van der Waals surface area contributed by atoms with Crippen molar-refractivity contribution in [1.82, 2.24) is 9.97 Å². The number of ether oxygens (including phenoxy) is 2. The number of amides is 1. The third kappa shape index (κ3) is 4.26. The Labute approximate surface area is 167 Å². The number of para-hydroxylation sites is 1. The highest BCUT2D eigenvalue weighted by atomic mass is 35.5. The summed E-state index contributed by atoms with van der Waals surface area (Å²) < 4.78 is 10.5. The molecule has 0 radical (unpaired) electrons. The fourth-order valence-electron chi connectivity index (χ4n) is 2.65. The summed E-state index contributed by atoms with van der Waals surface area (Å²) in [4.78, 5) is 32.5. The van der Waals surface area contributed by atoms with E-state index in [4.69, 9.17) is 21.1 Å². The van der Waals surface area contributed by atoms with Crippen molar-refractivity contribution in [3.63, 3.8) is 0 Å². The highest BCUT2D eigenvalue weighted by Gasteiger charge is 2.25. The number of carbonyl (C=O) groups is 2. The van der Waals surface area contributed by atoms with Gasteiger partial charge >= 0.3 is 5.97 Å². The normalized spacial score (nSPS) is 11.3. The number of anilines is 1. The van der Waals surface area contributed by atoms with Gasteiger partial charge in [-0.05, 0) is 32.9 Å². The molecule has 0 bridgehead atoms. The molecule has 8 heteroatoms. The summed E-state index contributed by atoms with van der Waals surface area (Å²) >= 11 is 5.95. The number of carbonyl (C=O) groups excluding carboxylic acids is 2. The predicted octanol–water partition coefficient (Wildman–Crippen LogP) is 4.43. The molecule has 1 amide bonds. The second-order valence-corrected chi connectivity index (χ2v) is 7.48. The Morgan fingerprint density at radius 2 is 1.89 bits per heavy atom. The zero-order chi connectivity index (χ0) is 20.5. The molecule has 3 aromatic rings. The first-order valence-corrected chi connectivity index (χ1v) is 8.93. The summed E-state index contributed by atoms with van der Waals surface area (Å²) in [7, 11) is 1.43. The summed E-state index contributed by atoms with van der Waals surface area (Å²) in [6.45, 7) is 5.32. The van der Waals surface area contributed by atoms with Crippen LogP contribution in [-0.2, 0) is 4.74 Å². The number of nitrogens with one attached hydrogen (secondary N) is 2. The van der Waals surface area contributed by atoms with Gasteiger partial charge in [0.15, 0.2) is 0 Å². The molecular formula is C20H20ClN3O4. The van der Waals surface area contributed by atoms with E-state index >= 15 is 0 Å². The predicted molar refractivity (Wildman–Crippen MR) is 107 cm³/mol. The van der Waals surface area contributed by atoms with Crippen LogP contribution in [0.3, 0.4) is 0 Å². The maximum absolute atomic E-state index is 12.8. The number of rotatable bonds is 4. The van der Waals surface area contributed by atoms with Gasteiger partial charge in [-0.2, -0.15) is 0 Å². The molecule has 0 aliphatic carbocycles. The van der Waals surface area contributed by atoms with Crippen LogP contribution in [0.4, 0.5) is 5.69 Å². The number of fused-ring (bicyclic) bond motifs is 1. The number of benzene rings is 1. The Balaban J connectivity index is 2.02. The number of H-pyrrole nitrogens is 1. The van der Waals surface area contributed by atoms with Crippen LogP contribution >= 0.6 is 11.6 Å². The molecule has 2 heterocycles. The Kier molecular flexibility index (Phi) is 5.29. The van der Waals surface area contributed by atoms with Gasteiger partial charge < -0.3 is 19.8 Å². The number of pyridine rings is 1. The summed E-state index contributed by atoms with van der Waals surface area (Å²) in [5, 5.41) is 3.59. The van der Waals surface area contributed by atoms with E-state index in [-0.39, 0.29) is 22.3 Å². The van der Waals surface area contributed by atoms with Gasteiger partial charge in [0.25, 0.3) is 5.91 Å². The summed E-state index contributed by atoms with van der Waals surface area (Å²) in [6, 6.07) is 10.1. The fraction of sp³-hybridized carbons (Fsp3) is 0.250. The van der Waals surface area contributed by atoms with Crippen LogP contribution in [0.2, 0.25) is 5.15 Å². The number of methoxy groups -OCH3 is 1. The molecule has 2 N–H and O–H groups in total. The van der Waals surface area contributed by atoms with Gasteiger partial charge in [0, 0.05) is 22.5 Å². The molecule has 3 rings (SSSR count). The van der Waals surface area contributed by atoms with Crippen molar-refractivity contribution in [2.75, 3.05) is 12.4 Å². The molecule has 2 aromatic heterocycles. The molecule has 1 aromatic carbocycles. The molecule has 0 fully saturated rings. The van der Waals surface area contributed by atoms with E-state index in [0.717, 1.165) is 0 Å². The first-order valence-electron chi connectivity index (χ1n) is 8.55. The van der Waals surface area contributed by atoms with Crippen molar-refractivity contribution >= 4 is 40.1 Å². The second-order valence-electron chi connectivity index (χ2n) is 7.10. The molecule has 146 valence electrons. The Bertz CT molecular complexity index is 1050. The van der Waals surface area contributed by atoms with E-state index in [1.54, 1.807) is 26.8 Å². The van der Waals surface area contributed by atoms with Gasteiger partial charge in [-0.1, -0.05) is 29.8 Å². The quantitative estimate of drug-likeness (QED) is 0.498. The molecule has 0 unspecified atom stereocenters. The van der Waals surface area contributed by atoms with E-state index in [0.29, 0.717) is 16.6 Å². The van der Waals surface area contributed by atoms with Crippen LogP contribution in [0.15, 0.2) is 36.4 Å². The molecule has 0 spiro atoms. The second kappa shape index (κ2) is 7.52. The number of aromatic nitrogens is 2. The summed E-state index contributed by atoms with van der Waals surface area (Å²) in [6.07, 6.45) is 0. The Hall–Kier alpha value is -3.06. The number of halogens is 1. The van der Waals surface area contributed by atoms with Crippen LogP contribution in [0.5, 0.6) is 5.88 Å². The number of esters is 1. The minimum atomic E-state index is -0.679. The number of hydrogen-bond donors (Lipinski definition) is 2. The number of aromatic amines is 1. The topological polar surface area (TPSA) is 93.3 Å². The maximum atomic E-state index is 12.8. The average Bonchev–Trinajstić information content (AvgIpc) is 2.98. The summed E-state index contributed by atoms with van der Waals surface area (Å²) in [5.41, 5.74) is 0.765. The van der Waals surface area contributed by atoms with Crippen LogP contribution in [0.1, 0.15) is 41.6 Å². The maximum Gasteiger partial charge on any atom is 0.357 e. The van der Waals surface area contributed by atoms with Gasteiger partial charge in [0.2, 0.25) is 5.88 Å². The molecule has 7 nitrogen and oxygen atoms in total. The summed E-state index contributed by atoms with van der Waals surface area (Å²) in [5.74, 6) is -0.814. The zero-order valence-electron chi connectivity index (χ0n) is 15.9. The molecule has 0 saturated heterocycles. The Morgan fingerprint density at radius 1 is 1.18 bits per heavy atom. The standard InChI is InChI=1S/C20H20ClN3O4/c1-20(2,3)28-19(26)17-16(12-7-5-6-8-13(12)22-17)24-18(25)11-9-14(21)23-15(10-11)27-4/h5-10,22H,1-4H3,(H,24,25). The highest BCUT2D eigenvalue weighted by molar-refractivity contribution is 6.30. The lowest BCUT2D eigenvalue weighted by Crippen LogP contribution is -2.25. The highest BCUT2D eigenvalue weighted by Crippen LogP contribution is 2.30. The van der Waals surface area contributed by atoms with E-state index in [9.17, 15) is 9.59 Å². The third-order valence-corrected chi connectivity index (χ3v) is 3.98. The van der Waals surface area contributed by atoms with Crippen molar-refractivity contribution < 1.29 is 19.1 Å². The monoisotopic (exact) mass is 401 g/mol. The number of nitrogens with zero attached hydrogens (tertiary/aromatic N) is 1. The average molecular weight is 402 g/mol. The van der Waals surface area contributed by atoms with Crippen LogP contribution in [0.25, 0.3) is 10.9 Å². The minimum absolute atomic E-state index is 0.121. The van der Waals surface area contributed by atoms with E-state index in [1.165, 1.54) is 19.2 Å². The molecule has 0 aliphatic rings. The van der Waals surface area contributed by atoms with Crippen molar-refractivity contribution in [3.8, 4) is 5.88 Å². The van der Waals surface area contributed by atoms with Crippen molar-refractivity contribution in [1.29, 1.82) is 0 Å². The van der Waals surface area contributed by atoms with Gasteiger partial charge in [-0.25, -0.2) is 9.78 Å². The smallest absolute Gasteiger partial charge is 0.357 e. The molecule has 0 aliphatic heterocycles. The van der Waals surface area contributed by atoms with Gasteiger partial charge in [0.05, 0.1) is 12.8 Å². The fourth-order valence-corrected chi connectivity index (χ4v) is 2.85. The van der Waals surface area contributed by atoms with Gasteiger partial charge in [0.1, 0.15) is 16.4 Å². The van der Waals surface area contributed by atoms with Crippen LogP contribution in [-0.4, -0.2) is 34.6 Å². The lowest BCUT2D eigenvalue weighted by Gasteiger charge is -2.19. The first-order chi connectivity index (χ1) is 13.2. The minimum Gasteiger partial charge on any atom is -0.481 e. The Morgan fingerprint density at radius 3 is 2.57 bits per heavy atom. The van der Waals surface area contributed by atoms with E-state index < -0.39 is 17.5 Å². The van der Waals surface area contributed by atoms with Gasteiger partial charge in [-0.15, -0.1) is 0 Å². The van der Waals surface area contributed by atoms with Crippen LogP contribution < -0.4 is 10.1 Å². The van der Waals surface area contributed by atoms with Crippen molar-refractivity contribution in [3.05, 3.63) is 52.8 Å². The molecule has 0 saturated carbocycles. The SMILES string of the molecule is COc1cc(C(=O)Nc2c(C(=O)OC(C)(C)C)[nH]c3ccccc23)cc(Cl)n1. The lowest BCUT2D eigenvalue weighted by molar-refractivity contribution is 0.00651. The molecular weight excluding hydrogens is 382 g/mol. The molecule has 0 atom stereocenters. The van der Waals surface area contributed by atoms with E-state index in [2.05, 4.69) is 15.3 Å². The van der Waals surface area contributed by atoms with Crippen molar-refractivity contribution in [2.45, 2.75) is 26.4 Å². The molecule has 28 heavy (non-hydrogen) atoms. The van der Waals surface area contributed by atoms with Crippen molar-refractivity contribution in [2.24, 2.45) is 0 Å². The van der Waals surface area contributed by atoms with E-state index in [1.807, 2.05) is 18.2 Å². The third-order valence-electron chi connectivity index (χ3n) is 3.79.